The number of nitrogens with zero attached hydrogens (tertiary/aromatic N) is 1. The average Bonchev–Trinajstić information content (AvgIpc) is 3.39. The second-order valence-corrected chi connectivity index (χ2v) is 10.9. The highest BCUT2D eigenvalue weighted by Gasteiger charge is 2.78. The maximum Gasteiger partial charge on any atom is 0.318 e. The number of methoxy groups -OCH3 is 1. The second-order valence-electron chi connectivity index (χ2n) is 10.9. The van der Waals surface area contributed by atoms with Crippen molar-refractivity contribution in [3.63, 3.8) is 0 Å². The molecule has 4 aliphatic carbocycles. The van der Waals surface area contributed by atoms with Crippen LogP contribution in [0.2, 0.25) is 0 Å². The molecular weight excluding hydrogens is 390 g/mol. The summed E-state index contributed by atoms with van der Waals surface area (Å²) in [6.45, 7) is 4.28. The second kappa shape index (κ2) is 6.32. The first kappa shape index (κ1) is 19.7. The van der Waals surface area contributed by atoms with Crippen LogP contribution in [0.25, 0.3) is 11.0 Å². The van der Waals surface area contributed by atoms with Crippen molar-refractivity contribution < 1.29 is 14.3 Å². The lowest BCUT2D eigenvalue weighted by Crippen LogP contribution is -2.59. The Labute approximate surface area is 183 Å². The number of carbonyl (C=O) groups excluding carboxylic acids is 1. The summed E-state index contributed by atoms with van der Waals surface area (Å²) in [5.41, 5.74) is 9.60. The first-order chi connectivity index (χ1) is 14.9. The highest BCUT2D eigenvalue weighted by molar-refractivity contribution is 5.85. The normalized spacial score (nSPS) is 37.6. The molecule has 1 heterocycles. The number of H-pyrrole nitrogens is 1. The van der Waals surface area contributed by atoms with Crippen molar-refractivity contribution in [1.82, 2.24) is 9.97 Å². The molecule has 4 saturated carbocycles. The highest BCUT2D eigenvalue weighted by Crippen LogP contribution is 2.85. The Bertz CT molecular complexity index is 1050. The molecule has 6 nitrogen and oxygen atoms in total. The number of aromatic amines is 1. The Kier molecular flexibility index (Phi) is 4.02. The molecule has 166 valence electrons. The zero-order chi connectivity index (χ0) is 21.6. The Morgan fingerprint density at radius 3 is 2.68 bits per heavy atom. The molecule has 4 aliphatic rings. The maximum atomic E-state index is 12.7. The van der Waals surface area contributed by atoms with Gasteiger partial charge in [-0.2, -0.15) is 0 Å². The van der Waals surface area contributed by atoms with E-state index in [9.17, 15) is 4.79 Å². The lowest BCUT2D eigenvalue weighted by molar-refractivity contribution is -0.177. The van der Waals surface area contributed by atoms with Crippen LogP contribution in [0, 0.1) is 28.6 Å². The third-order valence-corrected chi connectivity index (χ3v) is 9.63. The molecule has 6 heteroatoms. The van der Waals surface area contributed by atoms with Crippen molar-refractivity contribution in [3.05, 3.63) is 29.6 Å². The Hall–Kier alpha value is -1.92. The number of benzene rings is 1. The van der Waals surface area contributed by atoms with Crippen LogP contribution in [0.5, 0.6) is 0 Å². The minimum absolute atomic E-state index is 0.0509. The van der Waals surface area contributed by atoms with Gasteiger partial charge >= 0.3 is 5.97 Å². The molecule has 4 atom stereocenters. The summed E-state index contributed by atoms with van der Waals surface area (Å²) in [6, 6.07) is 5.91. The van der Waals surface area contributed by atoms with E-state index in [1.165, 1.54) is 32.1 Å². The molecule has 4 unspecified atom stereocenters. The molecule has 31 heavy (non-hydrogen) atoms. The van der Waals surface area contributed by atoms with E-state index in [2.05, 4.69) is 4.98 Å². The number of ether oxygens (including phenoxy) is 2. The molecule has 1 aromatic heterocycles. The van der Waals surface area contributed by atoms with Crippen LogP contribution in [-0.2, 0) is 19.7 Å². The van der Waals surface area contributed by atoms with Crippen molar-refractivity contribution in [1.29, 1.82) is 0 Å². The van der Waals surface area contributed by atoms with Crippen LogP contribution in [0.15, 0.2) is 18.2 Å². The van der Waals surface area contributed by atoms with Crippen LogP contribution < -0.4 is 5.73 Å². The number of imidazole rings is 1. The SMILES string of the molecule is CCOC(=O)C(C)(COC)c1ccc2[nH]c(C(N)C34CC5CC6CC(C3)C65C4)nc2c1. The van der Waals surface area contributed by atoms with Gasteiger partial charge in [-0.05, 0) is 92.2 Å². The van der Waals surface area contributed by atoms with Crippen LogP contribution in [0.4, 0.5) is 0 Å². The first-order valence-corrected chi connectivity index (χ1v) is 11.8. The van der Waals surface area contributed by atoms with E-state index in [1.807, 2.05) is 32.0 Å². The molecule has 4 fully saturated rings. The molecule has 6 rings (SSSR count). The predicted octanol–water partition coefficient (Wildman–Crippen LogP) is 3.86. The van der Waals surface area contributed by atoms with Crippen molar-refractivity contribution in [2.75, 3.05) is 20.3 Å². The number of nitrogens with two attached hydrogens (primary N) is 1. The monoisotopic (exact) mass is 423 g/mol. The average molecular weight is 424 g/mol. The largest absolute Gasteiger partial charge is 0.465 e. The minimum atomic E-state index is -0.873. The third kappa shape index (κ3) is 2.35. The third-order valence-electron chi connectivity index (χ3n) is 9.63. The number of aromatic nitrogens is 2. The van der Waals surface area contributed by atoms with Gasteiger partial charge in [0, 0.05) is 7.11 Å². The summed E-state index contributed by atoms with van der Waals surface area (Å²) in [7, 11) is 1.61. The molecule has 0 aliphatic heterocycles. The maximum absolute atomic E-state index is 12.7. The molecule has 0 amide bonds. The lowest BCUT2D eigenvalue weighted by Gasteiger charge is -2.66. The van der Waals surface area contributed by atoms with Gasteiger partial charge in [-0.3, -0.25) is 4.79 Å². The molecule has 2 bridgehead atoms. The quantitative estimate of drug-likeness (QED) is 0.660. The van der Waals surface area contributed by atoms with Crippen LogP contribution in [0.3, 0.4) is 0 Å². The molecule has 1 spiro atoms. The fraction of sp³-hybridized carbons (Fsp3) is 0.680. The Morgan fingerprint density at radius 1 is 1.32 bits per heavy atom. The van der Waals surface area contributed by atoms with Crippen LogP contribution in [-0.4, -0.2) is 36.3 Å². The minimum Gasteiger partial charge on any atom is -0.465 e. The topological polar surface area (TPSA) is 90.2 Å². The predicted molar refractivity (Wildman–Crippen MR) is 117 cm³/mol. The summed E-state index contributed by atoms with van der Waals surface area (Å²) in [4.78, 5) is 21.2. The molecular formula is C25H33N3O3. The van der Waals surface area contributed by atoms with Gasteiger partial charge in [-0.25, -0.2) is 4.98 Å². The summed E-state index contributed by atoms with van der Waals surface area (Å²) < 4.78 is 10.7. The van der Waals surface area contributed by atoms with Gasteiger partial charge in [0.25, 0.3) is 0 Å². The number of hydrogen-bond donors (Lipinski definition) is 2. The van der Waals surface area contributed by atoms with E-state index in [1.54, 1.807) is 7.11 Å². The number of esters is 1. The van der Waals surface area contributed by atoms with Crippen molar-refractivity contribution >= 4 is 17.0 Å². The number of nitrogens with one attached hydrogen (secondary N) is 1. The number of fused-ring (bicyclic) bond motifs is 2. The van der Waals surface area contributed by atoms with Gasteiger partial charge in [0.05, 0.1) is 30.3 Å². The first-order valence-electron chi connectivity index (χ1n) is 11.8. The lowest BCUT2D eigenvalue weighted by atomic mass is 9.38. The summed E-state index contributed by atoms with van der Waals surface area (Å²) in [5.74, 6) is 3.42. The number of hydrogen-bond acceptors (Lipinski definition) is 5. The van der Waals surface area contributed by atoms with Gasteiger partial charge in [0.1, 0.15) is 11.2 Å². The Morgan fingerprint density at radius 2 is 2.06 bits per heavy atom. The number of rotatable bonds is 7. The molecule has 0 saturated heterocycles. The van der Waals surface area contributed by atoms with Gasteiger partial charge < -0.3 is 20.2 Å². The molecule has 0 radical (unpaired) electrons. The molecule has 1 aromatic carbocycles. The van der Waals surface area contributed by atoms with Crippen LogP contribution in [0.1, 0.15) is 63.4 Å². The van der Waals surface area contributed by atoms with Gasteiger partial charge in [0.15, 0.2) is 0 Å². The highest BCUT2D eigenvalue weighted by atomic mass is 16.5. The summed E-state index contributed by atoms with van der Waals surface area (Å²) in [6.07, 6.45) is 6.72. The van der Waals surface area contributed by atoms with E-state index in [-0.39, 0.29) is 24.0 Å². The van der Waals surface area contributed by atoms with Crippen LogP contribution >= 0.6 is 0 Å². The van der Waals surface area contributed by atoms with Gasteiger partial charge in [0.2, 0.25) is 0 Å². The summed E-state index contributed by atoms with van der Waals surface area (Å²) in [5, 5.41) is 0. The standard InChI is InChI=1S/C25H33N3O3/c1-4-31-22(29)23(2,13-30-3)14-5-6-18-19(9-14)28-21(27-18)20(26)24-10-16-7-15-8-17(11-24)25(15,16)12-24/h5-6,9,15-17,20H,4,7-8,10-13,26H2,1-3H3,(H,27,28). The number of carbonyl (C=O) groups is 1. The van der Waals surface area contributed by atoms with E-state index >= 15 is 0 Å². The van der Waals surface area contributed by atoms with Crippen molar-refractivity contribution in [2.24, 2.45) is 34.3 Å². The van der Waals surface area contributed by atoms with Gasteiger partial charge in [-0.1, -0.05) is 6.07 Å². The molecule has 3 N–H and O–H groups in total. The fourth-order valence-corrected chi connectivity index (χ4v) is 8.15. The van der Waals surface area contributed by atoms with E-state index < -0.39 is 5.41 Å². The van der Waals surface area contributed by atoms with Crippen molar-refractivity contribution in [2.45, 2.75) is 57.4 Å². The zero-order valence-corrected chi connectivity index (χ0v) is 18.7. The van der Waals surface area contributed by atoms with Gasteiger partial charge in [-0.15, -0.1) is 0 Å². The zero-order valence-electron chi connectivity index (χ0n) is 18.7. The van der Waals surface area contributed by atoms with E-state index in [4.69, 9.17) is 20.2 Å². The van der Waals surface area contributed by atoms with E-state index in [0.717, 1.165) is 40.2 Å². The smallest absolute Gasteiger partial charge is 0.318 e. The Balaban J connectivity index is 1.32. The van der Waals surface area contributed by atoms with Crippen molar-refractivity contribution in [3.8, 4) is 0 Å². The molecule has 2 aromatic rings. The van der Waals surface area contributed by atoms with E-state index in [0.29, 0.717) is 12.0 Å². The fourth-order valence-electron chi connectivity index (χ4n) is 8.15. The summed E-state index contributed by atoms with van der Waals surface area (Å²) >= 11 is 0.